The minimum absolute atomic E-state index is 0.276. The summed E-state index contributed by atoms with van der Waals surface area (Å²) in [5, 5.41) is 4.05. The topological polar surface area (TPSA) is 37.4 Å². The van der Waals surface area contributed by atoms with E-state index in [0.717, 1.165) is 62.2 Å². The Bertz CT molecular complexity index is 428. The molecule has 2 heterocycles. The van der Waals surface area contributed by atoms with E-state index in [1.165, 1.54) is 0 Å². The summed E-state index contributed by atoms with van der Waals surface area (Å²) in [6.07, 6.45) is 2.42. The maximum absolute atomic E-state index is 6.28. The molecule has 2 rings (SSSR count). The van der Waals surface area contributed by atoms with Gasteiger partial charge >= 0.3 is 0 Å². The Morgan fingerprint density at radius 3 is 3.15 bits per heavy atom. The van der Waals surface area contributed by atoms with E-state index >= 15 is 0 Å². The van der Waals surface area contributed by atoms with Gasteiger partial charge < -0.3 is 10.1 Å². The van der Waals surface area contributed by atoms with E-state index in [4.69, 9.17) is 16.3 Å². The first-order valence-corrected chi connectivity index (χ1v) is 7.80. The van der Waals surface area contributed by atoms with Crippen LogP contribution in [0.25, 0.3) is 0 Å². The van der Waals surface area contributed by atoms with Crippen LogP contribution in [0.15, 0.2) is 12.1 Å². The minimum Gasteiger partial charge on any atom is -0.377 e. The lowest BCUT2D eigenvalue weighted by Crippen LogP contribution is -2.30. The summed E-state index contributed by atoms with van der Waals surface area (Å²) in [6.45, 7) is 8.79. The van der Waals surface area contributed by atoms with E-state index in [1.807, 2.05) is 12.1 Å². The summed E-state index contributed by atoms with van der Waals surface area (Å²) in [5.41, 5.74) is 0.946. The number of aromatic nitrogens is 1. The van der Waals surface area contributed by atoms with Crippen molar-refractivity contribution in [3.63, 3.8) is 0 Å². The van der Waals surface area contributed by atoms with Crippen LogP contribution in [0.2, 0.25) is 5.02 Å². The van der Waals surface area contributed by atoms with Gasteiger partial charge in [-0.05, 0) is 31.9 Å². The molecular formula is C15H24ClN3O. The molecule has 0 radical (unpaired) electrons. The normalized spacial score (nSPS) is 20.6. The van der Waals surface area contributed by atoms with E-state index in [0.29, 0.717) is 0 Å². The molecule has 0 amide bonds. The summed E-state index contributed by atoms with van der Waals surface area (Å²) in [5.74, 6) is 0.908. The molecule has 1 aromatic heterocycles. The molecule has 1 saturated heterocycles. The third-order valence-corrected chi connectivity index (χ3v) is 3.73. The van der Waals surface area contributed by atoms with Crippen LogP contribution in [-0.4, -0.2) is 42.2 Å². The van der Waals surface area contributed by atoms with E-state index in [2.05, 4.69) is 29.0 Å². The van der Waals surface area contributed by atoms with Gasteiger partial charge in [-0.3, -0.25) is 4.90 Å². The van der Waals surface area contributed by atoms with Gasteiger partial charge in [0.15, 0.2) is 0 Å². The van der Waals surface area contributed by atoms with E-state index in [1.54, 1.807) is 0 Å². The standard InChI is InChI=1S/C15H24ClN3O/c1-3-7-17-15-6-5-13(16)14(18-15)11-19-8-4-9-20-12(2)10-19/h5-6,12H,3-4,7-11H2,1-2H3,(H,17,18). The third-order valence-electron chi connectivity index (χ3n) is 3.38. The Kier molecular flexibility index (Phi) is 6.07. The van der Waals surface area contributed by atoms with Crippen LogP contribution in [0.4, 0.5) is 5.82 Å². The van der Waals surface area contributed by atoms with Crippen LogP contribution in [0.3, 0.4) is 0 Å². The fraction of sp³-hybridized carbons (Fsp3) is 0.667. The van der Waals surface area contributed by atoms with Gasteiger partial charge in [0.2, 0.25) is 0 Å². The van der Waals surface area contributed by atoms with Crippen LogP contribution in [0.1, 0.15) is 32.4 Å². The summed E-state index contributed by atoms with van der Waals surface area (Å²) in [6, 6.07) is 3.87. The van der Waals surface area contributed by atoms with Crippen LogP contribution in [0, 0.1) is 0 Å². The lowest BCUT2D eigenvalue weighted by Gasteiger charge is -2.22. The zero-order valence-corrected chi connectivity index (χ0v) is 13.1. The summed E-state index contributed by atoms with van der Waals surface area (Å²) in [4.78, 5) is 7.00. The molecule has 1 aromatic rings. The number of nitrogens with one attached hydrogen (secondary N) is 1. The van der Waals surface area contributed by atoms with Crippen molar-refractivity contribution in [3.8, 4) is 0 Å². The zero-order valence-electron chi connectivity index (χ0n) is 12.4. The van der Waals surface area contributed by atoms with Crippen molar-refractivity contribution in [3.05, 3.63) is 22.8 Å². The van der Waals surface area contributed by atoms with Crippen LogP contribution in [-0.2, 0) is 11.3 Å². The lowest BCUT2D eigenvalue weighted by molar-refractivity contribution is 0.0666. The van der Waals surface area contributed by atoms with Crippen LogP contribution >= 0.6 is 11.6 Å². The van der Waals surface area contributed by atoms with Crippen LogP contribution in [0.5, 0.6) is 0 Å². The van der Waals surface area contributed by atoms with Gasteiger partial charge in [0.05, 0.1) is 16.8 Å². The van der Waals surface area contributed by atoms with Crippen molar-refractivity contribution in [1.29, 1.82) is 0 Å². The molecule has 1 fully saturated rings. The van der Waals surface area contributed by atoms with Crippen molar-refractivity contribution in [2.75, 3.05) is 31.6 Å². The Morgan fingerprint density at radius 2 is 2.35 bits per heavy atom. The molecule has 0 bridgehead atoms. The highest BCUT2D eigenvalue weighted by Crippen LogP contribution is 2.19. The number of rotatable bonds is 5. The molecule has 1 unspecified atom stereocenters. The summed E-state index contributed by atoms with van der Waals surface area (Å²) in [7, 11) is 0. The van der Waals surface area contributed by atoms with Gasteiger partial charge in [-0.25, -0.2) is 4.98 Å². The summed E-state index contributed by atoms with van der Waals surface area (Å²) >= 11 is 6.28. The first-order chi connectivity index (χ1) is 9.69. The second-order valence-corrected chi connectivity index (χ2v) is 5.73. The zero-order chi connectivity index (χ0) is 14.4. The molecule has 0 aromatic carbocycles. The lowest BCUT2D eigenvalue weighted by atomic mass is 10.2. The Labute approximate surface area is 126 Å². The third kappa shape index (κ3) is 4.62. The van der Waals surface area contributed by atoms with Crippen molar-refractivity contribution in [2.45, 2.75) is 39.3 Å². The minimum atomic E-state index is 0.276. The second kappa shape index (κ2) is 7.81. The van der Waals surface area contributed by atoms with Crippen LogP contribution < -0.4 is 5.32 Å². The molecule has 5 heteroatoms. The Morgan fingerprint density at radius 1 is 1.50 bits per heavy atom. The highest BCUT2D eigenvalue weighted by molar-refractivity contribution is 6.31. The Hall–Kier alpha value is -0.840. The first-order valence-electron chi connectivity index (χ1n) is 7.42. The second-order valence-electron chi connectivity index (χ2n) is 5.32. The maximum atomic E-state index is 6.28. The largest absolute Gasteiger partial charge is 0.377 e. The van der Waals surface area contributed by atoms with Gasteiger partial charge in [0.25, 0.3) is 0 Å². The van der Waals surface area contributed by atoms with E-state index in [-0.39, 0.29) is 6.10 Å². The number of hydrogen-bond donors (Lipinski definition) is 1. The molecule has 0 spiro atoms. The average molecular weight is 298 g/mol. The predicted molar refractivity (Wildman–Crippen MR) is 83.3 cm³/mol. The fourth-order valence-electron chi connectivity index (χ4n) is 2.38. The first kappa shape index (κ1) is 15.5. The molecular weight excluding hydrogens is 274 g/mol. The van der Waals surface area contributed by atoms with Gasteiger partial charge in [0, 0.05) is 32.8 Å². The molecule has 0 saturated carbocycles. The van der Waals surface area contributed by atoms with Crippen molar-refractivity contribution in [2.24, 2.45) is 0 Å². The maximum Gasteiger partial charge on any atom is 0.126 e. The molecule has 112 valence electrons. The SMILES string of the molecule is CCCNc1ccc(Cl)c(CN2CCCOC(C)C2)n1. The molecule has 20 heavy (non-hydrogen) atoms. The smallest absolute Gasteiger partial charge is 0.126 e. The van der Waals surface area contributed by atoms with Gasteiger partial charge in [-0.2, -0.15) is 0 Å². The van der Waals surface area contributed by atoms with Crippen molar-refractivity contribution < 1.29 is 4.74 Å². The van der Waals surface area contributed by atoms with Gasteiger partial charge in [-0.1, -0.05) is 18.5 Å². The molecule has 0 aliphatic carbocycles. The fourth-order valence-corrected chi connectivity index (χ4v) is 2.55. The van der Waals surface area contributed by atoms with E-state index in [9.17, 15) is 0 Å². The molecule has 1 N–H and O–H groups in total. The number of nitrogens with zero attached hydrogens (tertiary/aromatic N) is 2. The average Bonchev–Trinajstić information content (AvgIpc) is 2.64. The quantitative estimate of drug-likeness (QED) is 0.906. The summed E-state index contributed by atoms with van der Waals surface area (Å²) < 4.78 is 5.67. The van der Waals surface area contributed by atoms with E-state index < -0.39 is 0 Å². The Balaban J connectivity index is 2.03. The molecule has 1 aliphatic heterocycles. The highest BCUT2D eigenvalue weighted by atomic mass is 35.5. The number of anilines is 1. The van der Waals surface area contributed by atoms with Crippen molar-refractivity contribution >= 4 is 17.4 Å². The number of halogens is 1. The molecule has 1 aliphatic rings. The number of hydrogen-bond acceptors (Lipinski definition) is 4. The van der Waals surface area contributed by atoms with Gasteiger partial charge in [0.1, 0.15) is 5.82 Å². The predicted octanol–water partition coefficient (Wildman–Crippen LogP) is 3.17. The van der Waals surface area contributed by atoms with Crippen molar-refractivity contribution in [1.82, 2.24) is 9.88 Å². The number of ether oxygens (including phenoxy) is 1. The highest BCUT2D eigenvalue weighted by Gasteiger charge is 2.17. The molecule has 1 atom stereocenters. The number of pyridine rings is 1. The monoisotopic (exact) mass is 297 g/mol. The van der Waals surface area contributed by atoms with Gasteiger partial charge in [-0.15, -0.1) is 0 Å². The molecule has 4 nitrogen and oxygen atoms in total.